The van der Waals surface area contributed by atoms with Gasteiger partial charge in [0.25, 0.3) is 5.91 Å². The number of nitrogens with zero attached hydrogens (tertiary/aromatic N) is 4. The highest BCUT2D eigenvalue weighted by Crippen LogP contribution is 2.29. The molecule has 0 aliphatic heterocycles. The number of aromatic nitrogens is 3. The van der Waals surface area contributed by atoms with Crippen LogP contribution in [0.5, 0.6) is 0 Å². The highest BCUT2D eigenvalue weighted by Gasteiger charge is 2.17. The molecular formula is C16H16N4O. The molecule has 0 fully saturated rings. The van der Waals surface area contributed by atoms with E-state index < -0.39 is 0 Å². The lowest BCUT2D eigenvalue weighted by Gasteiger charge is -2.13. The molecule has 5 heteroatoms. The predicted molar refractivity (Wildman–Crippen MR) is 82.0 cm³/mol. The third kappa shape index (κ3) is 2.16. The lowest BCUT2D eigenvalue weighted by Crippen LogP contribution is -2.22. The number of fused-ring (bicyclic) bond motifs is 1. The molecule has 3 aromatic heterocycles. The first-order valence-electron chi connectivity index (χ1n) is 6.66. The lowest BCUT2D eigenvalue weighted by atomic mass is 10.0. The molecule has 3 heterocycles. The molecule has 3 rings (SSSR count). The van der Waals surface area contributed by atoms with Crippen molar-refractivity contribution in [3.8, 4) is 11.3 Å². The van der Waals surface area contributed by atoms with Gasteiger partial charge < -0.3 is 9.47 Å². The van der Waals surface area contributed by atoms with E-state index in [-0.39, 0.29) is 5.91 Å². The normalized spacial score (nSPS) is 10.8. The minimum atomic E-state index is -0.0565. The van der Waals surface area contributed by atoms with Crippen LogP contribution in [-0.2, 0) is 7.05 Å². The molecule has 0 N–H and O–H groups in total. The quantitative estimate of drug-likeness (QED) is 0.724. The van der Waals surface area contributed by atoms with Gasteiger partial charge >= 0.3 is 0 Å². The average Bonchev–Trinajstić information content (AvgIpc) is 2.88. The first-order chi connectivity index (χ1) is 10.1. The maximum absolute atomic E-state index is 12.3. The van der Waals surface area contributed by atoms with E-state index in [1.807, 2.05) is 29.9 Å². The van der Waals surface area contributed by atoms with E-state index in [0.29, 0.717) is 11.3 Å². The summed E-state index contributed by atoms with van der Waals surface area (Å²) in [5.74, 6) is -0.0565. The van der Waals surface area contributed by atoms with Crippen LogP contribution >= 0.6 is 0 Å². The zero-order valence-electron chi connectivity index (χ0n) is 12.2. The van der Waals surface area contributed by atoms with Gasteiger partial charge in [-0.25, -0.2) is 4.98 Å². The molecule has 0 aromatic carbocycles. The van der Waals surface area contributed by atoms with Crippen molar-refractivity contribution in [3.63, 3.8) is 0 Å². The number of aryl methyl sites for hydroxylation is 1. The largest absolute Gasteiger partial charge is 0.345 e. The molecule has 0 aliphatic rings. The van der Waals surface area contributed by atoms with Crippen molar-refractivity contribution in [3.05, 3.63) is 48.4 Å². The van der Waals surface area contributed by atoms with Gasteiger partial charge in [-0.2, -0.15) is 0 Å². The van der Waals surface area contributed by atoms with Crippen LogP contribution in [0.15, 0.2) is 42.9 Å². The van der Waals surface area contributed by atoms with E-state index in [9.17, 15) is 4.79 Å². The Balaban J connectivity index is 2.27. The maximum Gasteiger partial charge on any atom is 0.255 e. The summed E-state index contributed by atoms with van der Waals surface area (Å²) in [7, 11) is 5.43. The number of hydrogen-bond acceptors (Lipinski definition) is 3. The van der Waals surface area contributed by atoms with Gasteiger partial charge in [-0.1, -0.05) is 0 Å². The van der Waals surface area contributed by atoms with Crippen LogP contribution < -0.4 is 0 Å². The molecule has 3 aromatic rings. The Kier molecular flexibility index (Phi) is 3.17. The molecule has 0 saturated heterocycles. The first kappa shape index (κ1) is 13.3. The van der Waals surface area contributed by atoms with Crippen LogP contribution in [0.4, 0.5) is 0 Å². The summed E-state index contributed by atoms with van der Waals surface area (Å²) < 4.78 is 1.95. The molecule has 5 nitrogen and oxygen atoms in total. The van der Waals surface area contributed by atoms with Crippen LogP contribution in [0.3, 0.4) is 0 Å². The SMILES string of the molecule is CN(C)C(=O)c1cccnc1-c1ccnc2c1ccn2C. The summed E-state index contributed by atoms with van der Waals surface area (Å²) in [5.41, 5.74) is 3.08. The number of amides is 1. The zero-order valence-corrected chi connectivity index (χ0v) is 12.2. The van der Waals surface area contributed by atoms with Crippen molar-refractivity contribution < 1.29 is 4.79 Å². The number of carbonyl (C=O) groups excluding carboxylic acids is 1. The van der Waals surface area contributed by atoms with E-state index >= 15 is 0 Å². The number of hydrogen-bond donors (Lipinski definition) is 0. The predicted octanol–water partition coefficient (Wildman–Crippen LogP) is 2.34. The minimum absolute atomic E-state index is 0.0565. The second-order valence-corrected chi connectivity index (χ2v) is 5.12. The van der Waals surface area contributed by atoms with E-state index in [2.05, 4.69) is 9.97 Å². The summed E-state index contributed by atoms with van der Waals surface area (Å²) in [6, 6.07) is 7.48. The van der Waals surface area contributed by atoms with E-state index in [1.54, 1.807) is 43.5 Å². The number of carbonyl (C=O) groups is 1. The Labute approximate surface area is 122 Å². The molecule has 0 spiro atoms. The molecule has 106 valence electrons. The molecule has 0 unspecified atom stereocenters. The third-order valence-electron chi connectivity index (χ3n) is 3.47. The fourth-order valence-electron chi connectivity index (χ4n) is 2.40. The van der Waals surface area contributed by atoms with E-state index in [0.717, 1.165) is 16.6 Å². The molecule has 0 aliphatic carbocycles. The fraction of sp³-hybridized carbons (Fsp3) is 0.188. The Hall–Kier alpha value is -2.69. The third-order valence-corrected chi connectivity index (χ3v) is 3.47. The Morgan fingerprint density at radius 3 is 2.71 bits per heavy atom. The molecule has 0 radical (unpaired) electrons. The highest BCUT2D eigenvalue weighted by molar-refractivity contribution is 6.03. The lowest BCUT2D eigenvalue weighted by molar-refractivity contribution is 0.0828. The molecule has 1 amide bonds. The van der Waals surface area contributed by atoms with Gasteiger partial charge in [0.15, 0.2) is 0 Å². The summed E-state index contributed by atoms with van der Waals surface area (Å²) in [6.45, 7) is 0. The van der Waals surface area contributed by atoms with Crippen molar-refractivity contribution in [1.82, 2.24) is 19.4 Å². The van der Waals surface area contributed by atoms with Gasteiger partial charge in [0.05, 0.1) is 11.3 Å². The zero-order chi connectivity index (χ0) is 15.0. The van der Waals surface area contributed by atoms with Gasteiger partial charge in [-0.05, 0) is 24.3 Å². The van der Waals surface area contributed by atoms with E-state index in [1.165, 1.54) is 0 Å². The molecule has 0 atom stereocenters. The monoisotopic (exact) mass is 280 g/mol. The van der Waals surface area contributed by atoms with Crippen LogP contribution in [0.1, 0.15) is 10.4 Å². The van der Waals surface area contributed by atoms with Gasteiger partial charge in [0, 0.05) is 50.7 Å². The van der Waals surface area contributed by atoms with Crippen molar-refractivity contribution in [2.24, 2.45) is 7.05 Å². The standard InChI is InChI=1S/C16H16N4O/c1-19(2)16(21)13-5-4-8-17-14(13)11-6-9-18-15-12(11)7-10-20(15)3/h4-10H,1-3H3. The summed E-state index contributed by atoms with van der Waals surface area (Å²) in [4.78, 5) is 22.7. The average molecular weight is 280 g/mol. The number of rotatable bonds is 2. The van der Waals surface area contributed by atoms with Crippen molar-refractivity contribution in [1.29, 1.82) is 0 Å². The van der Waals surface area contributed by atoms with Gasteiger partial charge in [-0.15, -0.1) is 0 Å². The van der Waals surface area contributed by atoms with Crippen LogP contribution in [0.2, 0.25) is 0 Å². The Morgan fingerprint density at radius 2 is 1.95 bits per heavy atom. The van der Waals surface area contributed by atoms with Crippen molar-refractivity contribution in [2.45, 2.75) is 0 Å². The van der Waals surface area contributed by atoms with Crippen LogP contribution in [0, 0.1) is 0 Å². The second-order valence-electron chi connectivity index (χ2n) is 5.12. The molecule has 0 saturated carbocycles. The Morgan fingerprint density at radius 1 is 1.14 bits per heavy atom. The topological polar surface area (TPSA) is 51.0 Å². The minimum Gasteiger partial charge on any atom is -0.345 e. The fourth-order valence-corrected chi connectivity index (χ4v) is 2.40. The smallest absolute Gasteiger partial charge is 0.255 e. The molecular weight excluding hydrogens is 264 g/mol. The van der Waals surface area contributed by atoms with Gasteiger partial charge in [0.1, 0.15) is 5.65 Å². The molecule has 21 heavy (non-hydrogen) atoms. The summed E-state index contributed by atoms with van der Waals surface area (Å²) >= 11 is 0. The van der Waals surface area contributed by atoms with Crippen molar-refractivity contribution >= 4 is 16.9 Å². The second kappa shape index (κ2) is 5.01. The first-order valence-corrected chi connectivity index (χ1v) is 6.66. The molecule has 0 bridgehead atoms. The Bertz CT molecular complexity index is 820. The number of pyridine rings is 2. The van der Waals surface area contributed by atoms with Gasteiger partial charge in [0.2, 0.25) is 0 Å². The summed E-state index contributed by atoms with van der Waals surface area (Å²) in [6.07, 6.45) is 5.41. The highest BCUT2D eigenvalue weighted by atomic mass is 16.2. The van der Waals surface area contributed by atoms with Crippen LogP contribution in [0.25, 0.3) is 22.3 Å². The summed E-state index contributed by atoms with van der Waals surface area (Å²) in [5, 5.41) is 0.992. The van der Waals surface area contributed by atoms with E-state index in [4.69, 9.17) is 0 Å². The van der Waals surface area contributed by atoms with Crippen LogP contribution in [-0.4, -0.2) is 39.4 Å². The maximum atomic E-state index is 12.3. The van der Waals surface area contributed by atoms with Gasteiger partial charge in [-0.3, -0.25) is 9.78 Å². The van der Waals surface area contributed by atoms with Crippen molar-refractivity contribution in [2.75, 3.05) is 14.1 Å².